The van der Waals surface area contributed by atoms with Gasteiger partial charge in [-0.05, 0) is 43.9 Å². The summed E-state index contributed by atoms with van der Waals surface area (Å²) in [6.45, 7) is 10.5. The van der Waals surface area contributed by atoms with Crippen molar-refractivity contribution in [3.05, 3.63) is 29.8 Å². The van der Waals surface area contributed by atoms with Crippen molar-refractivity contribution in [2.75, 3.05) is 5.32 Å². The van der Waals surface area contributed by atoms with Gasteiger partial charge in [0.05, 0.1) is 0 Å². The number of nitrogens with one attached hydrogen (secondary N) is 2. The lowest BCUT2D eigenvalue weighted by Crippen LogP contribution is -2.30. The third kappa shape index (κ3) is 5.74. The smallest absolute Gasteiger partial charge is 0.221 e. The first-order chi connectivity index (χ1) is 9.42. The van der Waals surface area contributed by atoms with E-state index in [9.17, 15) is 4.79 Å². The van der Waals surface area contributed by atoms with E-state index in [0.717, 1.165) is 11.6 Å². The van der Waals surface area contributed by atoms with Crippen LogP contribution in [0.1, 0.15) is 59.1 Å². The molecule has 0 aliphatic rings. The van der Waals surface area contributed by atoms with Crippen LogP contribution in [0.15, 0.2) is 24.3 Å². The summed E-state index contributed by atoms with van der Waals surface area (Å²) in [6.07, 6.45) is 2.41. The van der Waals surface area contributed by atoms with E-state index < -0.39 is 0 Å². The highest BCUT2D eigenvalue weighted by molar-refractivity contribution is 5.88. The Morgan fingerprint density at radius 2 is 1.95 bits per heavy atom. The van der Waals surface area contributed by atoms with Crippen LogP contribution in [0.3, 0.4) is 0 Å². The van der Waals surface area contributed by atoms with Crippen LogP contribution in [0.5, 0.6) is 0 Å². The average Bonchev–Trinajstić information content (AvgIpc) is 2.37. The summed E-state index contributed by atoms with van der Waals surface area (Å²) in [5.41, 5.74) is 2.06. The third-order valence-corrected chi connectivity index (χ3v) is 3.69. The van der Waals surface area contributed by atoms with Crippen LogP contribution < -0.4 is 10.6 Å². The molecule has 0 aromatic heterocycles. The lowest BCUT2D eigenvalue weighted by Gasteiger charge is -2.23. The van der Waals surface area contributed by atoms with Gasteiger partial charge < -0.3 is 10.6 Å². The van der Waals surface area contributed by atoms with E-state index in [4.69, 9.17) is 0 Å². The molecule has 1 aromatic carbocycles. The molecule has 3 heteroatoms. The zero-order valence-corrected chi connectivity index (χ0v) is 13.4. The Morgan fingerprint density at radius 1 is 1.25 bits per heavy atom. The fourth-order valence-corrected chi connectivity index (χ4v) is 2.45. The van der Waals surface area contributed by atoms with Crippen molar-refractivity contribution in [3.8, 4) is 0 Å². The minimum absolute atomic E-state index is 0.0344. The summed E-state index contributed by atoms with van der Waals surface area (Å²) < 4.78 is 0. The molecule has 0 aliphatic carbocycles. The van der Waals surface area contributed by atoms with Gasteiger partial charge >= 0.3 is 0 Å². The summed E-state index contributed by atoms with van der Waals surface area (Å²) in [6, 6.07) is 8.80. The first kappa shape index (κ1) is 16.7. The number of anilines is 1. The first-order valence-electron chi connectivity index (χ1n) is 7.56. The summed E-state index contributed by atoms with van der Waals surface area (Å²) >= 11 is 0. The number of benzene rings is 1. The van der Waals surface area contributed by atoms with E-state index >= 15 is 0 Å². The van der Waals surface area contributed by atoms with E-state index in [2.05, 4.69) is 44.4 Å². The minimum Gasteiger partial charge on any atom is -0.326 e. The van der Waals surface area contributed by atoms with Gasteiger partial charge in [-0.15, -0.1) is 0 Å². The molecule has 112 valence electrons. The van der Waals surface area contributed by atoms with Gasteiger partial charge in [-0.25, -0.2) is 0 Å². The van der Waals surface area contributed by atoms with E-state index in [1.165, 1.54) is 25.3 Å². The molecule has 0 heterocycles. The number of carbonyl (C=O) groups excluding carboxylic acids is 1. The molecule has 1 amide bonds. The van der Waals surface area contributed by atoms with Gasteiger partial charge in [-0.2, -0.15) is 0 Å². The third-order valence-electron chi connectivity index (χ3n) is 3.69. The molecule has 0 bridgehead atoms. The van der Waals surface area contributed by atoms with Crippen LogP contribution in [0.4, 0.5) is 5.69 Å². The molecule has 0 fully saturated rings. The largest absolute Gasteiger partial charge is 0.326 e. The molecule has 3 nitrogen and oxygen atoms in total. The Kier molecular flexibility index (Phi) is 6.73. The molecule has 0 aliphatic heterocycles. The van der Waals surface area contributed by atoms with Gasteiger partial charge in [0.15, 0.2) is 0 Å². The number of hydrogen-bond acceptors (Lipinski definition) is 2. The summed E-state index contributed by atoms with van der Waals surface area (Å²) in [5.74, 6) is 0.711. The van der Waals surface area contributed by atoms with Crippen molar-refractivity contribution in [2.45, 2.75) is 59.5 Å². The van der Waals surface area contributed by atoms with Crippen molar-refractivity contribution >= 4 is 11.6 Å². The molecule has 20 heavy (non-hydrogen) atoms. The lowest BCUT2D eigenvalue weighted by atomic mass is 9.99. The van der Waals surface area contributed by atoms with Gasteiger partial charge in [-0.3, -0.25) is 4.79 Å². The second kappa shape index (κ2) is 8.05. The predicted molar refractivity (Wildman–Crippen MR) is 85.8 cm³/mol. The monoisotopic (exact) mass is 276 g/mol. The fourth-order valence-electron chi connectivity index (χ4n) is 2.45. The molecule has 0 radical (unpaired) electrons. The van der Waals surface area contributed by atoms with Crippen LogP contribution in [-0.4, -0.2) is 11.9 Å². The highest BCUT2D eigenvalue weighted by Crippen LogP contribution is 2.19. The van der Waals surface area contributed by atoms with Gasteiger partial charge in [0.25, 0.3) is 0 Å². The van der Waals surface area contributed by atoms with E-state index in [-0.39, 0.29) is 11.9 Å². The second-order valence-electron chi connectivity index (χ2n) is 5.85. The number of amides is 1. The van der Waals surface area contributed by atoms with Crippen molar-refractivity contribution in [1.82, 2.24) is 5.32 Å². The number of carbonyl (C=O) groups is 1. The topological polar surface area (TPSA) is 41.1 Å². The zero-order chi connectivity index (χ0) is 15.1. The van der Waals surface area contributed by atoms with Crippen molar-refractivity contribution < 1.29 is 4.79 Å². The minimum atomic E-state index is -0.0344. The van der Waals surface area contributed by atoms with Gasteiger partial charge in [0, 0.05) is 24.7 Å². The van der Waals surface area contributed by atoms with Crippen molar-refractivity contribution in [1.29, 1.82) is 0 Å². The Hall–Kier alpha value is -1.35. The molecular formula is C17H28N2O. The lowest BCUT2D eigenvalue weighted by molar-refractivity contribution is -0.114. The molecule has 3 unspecified atom stereocenters. The molecule has 0 saturated carbocycles. The molecule has 0 spiro atoms. The maximum Gasteiger partial charge on any atom is 0.221 e. The van der Waals surface area contributed by atoms with Crippen molar-refractivity contribution in [2.24, 2.45) is 5.92 Å². The van der Waals surface area contributed by atoms with Gasteiger partial charge in [-0.1, -0.05) is 32.4 Å². The molecular weight excluding hydrogens is 248 g/mol. The van der Waals surface area contributed by atoms with Crippen molar-refractivity contribution in [3.63, 3.8) is 0 Å². The maximum absolute atomic E-state index is 11.1. The number of rotatable bonds is 7. The van der Waals surface area contributed by atoms with Gasteiger partial charge in [0.1, 0.15) is 0 Å². The van der Waals surface area contributed by atoms with Crippen LogP contribution in [-0.2, 0) is 4.79 Å². The van der Waals surface area contributed by atoms with Crippen LogP contribution in [0, 0.1) is 5.92 Å². The molecule has 1 rings (SSSR count). The maximum atomic E-state index is 11.1. The zero-order valence-electron chi connectivity index (χ0n) is 13.4. The Bertz CT molecular complexity index is 431. The second-order valence-corrected chi connectivity index (χ2v) is 5.85. The van der Waals surface area contributed by atoms with Crippen LogP contribution in [0.2, 0.25) is 0 Å². The number of hydrogen-bond donors (Lipinski definition) is 2. The molecule has 3 atom stereocenters. The highest BCUT2D eigenvalue weighted by atomic mass is 16.1. The fraction of sp³-hybridized carbons (Fsp3) is 0.588. The summed E-state index contributed by atoms with van der Waals surface area (Å²) in [7, 11) is 0. The standard InChI is InChI=1S/C17H28N2O/c1-6-12(2)10-13(3)18-14(4)16-8-7-9-17(11-16)19-15(5)20/h7-9,11-14,18H,6,10H2,1-5H3,(H,19,20). The van der Waals surface area contributed by atoms with Crippen LogP contribution >= 0.6 is 0 Å². The average molecular weight is 276 g/mol. The Morgan fingerprint density at radius 3 is 2.55 bits per heavy atom. The summed E-state index contributed by atoms with van der Waals surface area (Å²) in [5, 5.41) is 6.46. The highest BCUT2D eigenvalue weighted by Gasteiger charge is 2.12. The van der Waals surface area contributed by atoms with E-state index in [1.807, 2.05) is 18.2 Å². The van der Waals surface area contributed by atoms with E-state index in [0.29, 0.717) is 6.04 Å². The Balaban J connectivity index is 2.62. The molecule has 2 N–H and O–H groups in total. The normalized spacial score (nSPS) is 15.4. The first-order valence-corrected chi connectivity index (χ1v) is 7.56. The predicted octanol–water partition coefficient (Wildman–Crippen LogP) is 4.12. The SMILES string of the molecule is CCC(C)CC(C)NC(C)c1cccc(NC(C)=O)c1. The quantitative estimate of drug-likeness (QED) is 0.786. The van der Waals surface area contributed by atoms with Crippen LogP contribution in [0.25, 0.3) is 0 Å². The summed E-state index contributed by atoms with van der Waals surface area (Å²) in [4.78, 5) is 11.1. The van der Waals surface area contributed by atoms with Gasteiger partial charge in [0.2, 0.25) is 5.91 Å². The van der Waals surface area contributed by atoms with E-state index in [1.54, 1.807) is 0 Å². The molecule has 1 aromatic rings. The Labute approximate surface area is 123 Å². The molecule has 0 saturated heterocycles.